The number of nitrogens with one attached hydrogen (secondary N) is 1. The number of rotatable bonds is 8. The van der Waals surface area contributed by atoms with E-state index in [1.165, 1.54) is 0 Å². The average molecular weight is 333 g/mol. The van der Waals surface area contributed by atoms with Gasteiger partial charge in [-0.25, -0.2) is 13.4 Å². The van der Waals surface area contributed by atoms with Gasteiger partial charge in [-0.15, -0.1) is 0 Å². The number of nitrogens with zero attached hydrogens (tertiary/aromatic N) is 2. The molecule has 0 saturated heterocycles. The predicted octanol–water partition coefficient (Wildman–Crippen LogP) is 3.51. The third-order valence-corrected chi connectivity index (χ3v) is 4.76. The fourth-order valence-electron chi connectivity index (χ4n) is 2.33. The lowest BCUT2D eigenvalue weighted by Gasteiger charge is -2.22. The fraction of sp³-hybridized carbons (Fsp3) is 0.353. The summed E-state index contributed by atoms with van der Waals surface area (Å²) in [4.78, 5) is 6.84. The van der Waals surface area contributed by atoms with Crippen LogP contribution in [0, 0.1) is 0 Å². The number of hydrogen-bond acceptors (Lipinski definition) is 4. The second-order valence-corrected chi connectivity index (χ2v) is 6.99. The topological polar surface area (TPSA) is 62.3 Å². The van der Waals surface area contributed by atoms with Gasteiger partial charge in [0.2, 0.25) is 0 Å². The first-order valence-electron chi connectivity index (χ1n) is 7.85. The van der Waals surface area contributed by atoms with Crippen molar-refractivity contribution in [3.05, 3.63) is 48.7 Å². The van der Waals surface area contributed by atoms with Crippen LogP contribution < -0.4 is 9.62 Å². The highest BCUT2D eigenvalue weighted by Crippen LogP contribution is 2.18. The summed E-state index contributed by atoms with van der Waals surface area (Å²) in [7, 11) is -3.57. The summed E-state index contributed by atoms with van der Waals surface area (Å²) < 4.78 is 27.1. The smallest absolute Gasteiger partial charge is 0.261 e. The molecule has 0 spiro atoms. The number of anilines is 2. The highest BCUT2D eigenvalue weighted by molar-refractivity contribution is 7.92. The van der Waals surface area contributed by atoms with Gasteiger partial charge in [0.1, 0.15) is 5.82 Å². The Labute approximate surface area is 138 Å². The van der Waals surface area contributed by atoms with Crippen LogP contribution in [0.4, 0.5) is 11.5 Å². The Hall–Kier alpha value is -2.08. The van der Waals surface area contributed by atoms with Gasteiger partial charge in [-0.3, -0.25) is 4.72 Å². The van der Waals surface area contributed by atoms with E-state index in [0.29, 0.717) is 5.69 Å². The molecule has 2 rings (SSSR count). The van der Waals surface area contributed by atoms with Gasteiger partial charge in [0.15, 0.2) is 0 Å². The van der Waals surface area contributed by atoms with Crippen molar-refractivity contribution in [3.63, 3.8) is 0 Å². The minimum absolute atomic E-state index is 0.239. The number of aromatic nitrogens is 1. The maximum Gasteiger partial charge on any atom is 0.261 e. The number of hydrogen-bond donors (Lipinski definition) is 1. The third-order valence-electron chi connectivity index (χ3n) is 3.36. The molecule has 0 bridgehead atoms. The Balaban J connectivity index is 2.13. The van der Waals surface area contributed by atoms with E-state index in [4.69, 9.17) is 0 Å². The van der Waals surface area contributed by atoms with E-state index in [9.17, 15) is 8.42 Å². The molecule has 1 heterocycles. The lowest BCUT2D eigenvalue weighted by Crippen LogP contribution is -2.25. The molecule has 0 atom stereocenters. The minimum atomic E-state index is -3.57. The monoisotopic (exact) mass is 333 g/mol. The first-order chi connectivity index (χ1) is 11.1. The molecule has 5 nitrogen and oxygen atoms in total. The van der Waals surface area contributed by atoms with Gasteiger partial charge in [0.25, 0.3) is 10.0 Å². The Kier molecular flexibility index (Phi) is 5.98. The van der Waals surface area contributed by atoms with Crippen LogP contribution in [0.25, 0.3) is 0 Å². The minimum Gasteiger partial charge on any atom is -0.357 e. The van der Waals surface area contributed by atoms with Crippen molar-refractivity contribution in [1.29, 1.82) is 0 Å². The largest absolute Gasteiger partial charge is 0.357 e. The highest BCUT2D eigenvalue weighted by atomic mass is 32.2. The zero-order valence-electron chi connectivity index (χ0n) is 13.6. The van der Waals surface area contributed by atoms with Gasteiger partial charge >= 0.3 is 0 Å². The van der Waals surface area contributed by atoms with Crippen LogP contribution in [0.15, 0.2) is 53.6 Å². The molecule has 2 aromatic rings. The van der Waals surface area contributed by atoms with E-state index in [2.05, 4.69) is 28.5 Å². The third kappa shape index (κ3) is 4.69. The molecule has 0 unspecified atom stereocenters. The first kappa shape index (κ1) is 17.3. The Bertz CT molecular complexity index is 694. The summed E-state index contributed by atoms with van der Waals surface area (Å²) in [6.07, 6.45) is 3.66. The van der Waals surface area contributed by atoms with Crippen LogP contribution in [-0.4, -0.2) is 26.5 Å². The maximum absolute atomic E-state index is 12.3. The van der Waals surface area contributed by atoms with Crippen molar-refractivity contribution in [2.75, 3.05) is 22.7 Å². The summed E-state index contributed by atoms with van der Waals surface area (Å²) in [5.41, 5.74) is 0.463. The normalized spacial score (nSPS) is 11.2. The van der Waals surface area contributed by atoms with Gasteiger partial charge in [-0.2, -0.15) is 0 Å². The lowest BCUT2D eigenvalue weighted by molar-refractivity contribution is 0.601. The van der Waals surface area contributed by atoms with E-state index in [-0.39, 0.29) is 4.90 Å². The zero-order valence-corrected chi connectivity index (χ0v) is 14.4. The molecular weight excluding hydrogens is 310 g/mol. The summed E-state index contributed by atoms with van der Waals surface area (Å²) in [6.45, 7) is 6.14. The fourth-order valence-corrected chi connectivity index (χ4v) is 3.39. The SMILES string of the molecule is CCCN(CCC)c1ccc(NS(=O)(=O)c2ccccc2)cn1. The highest BCUT2D eigenvalue weighted by Gasteiger charge is 2.14. The van der Waals surface area contributed by atoms with E-state index in [1.54, 1.807) is 42.6 Å². The molecule has 1 aromatic carbocycles. The first-order valence-corrected chi connectivity index (χ1v) is 9.34. The van der Waals surface area contributed by atoms with Crippen LogP contribution in [-0.2, 0) is 10.0 Å². The maximum atomic E-state index is 12.3. The quantitative estimate of drug-likeness (QED) is 0.803. The van der Waals surface area contributed by atoms with Crippen molar-refractivity contribution in [2.24, 2.45) is 0 Å². The van der Waals surface area contributed by atoms with Crippen LogP contribution in [0.1, 0.15) is 26.7 Å². The molecule has 0 amide bonds. The van der Waals surface area contributed by atoms with Crippen molar-refractivity contribution in [1.82, 2.24) is 4.98 Å². The molecule has 124 valence electrons. The Morgan fingerprint density at radius 3 is 2.17 bits per heavy atom. The number of benzene rings is 1. The number of sulfonamides is 1. The number of pyridine rings is 1. The summed E-state index contributed by atoms with van der Waals surface area (Å²) in [5, 5.41) is 0. The molecule has 1 aromatic heterocycles. The Morgan fingerprint density at radius 1 is 1.00 bits per heavy atom. The van der Waals surface area contributed by atoms with Crippen LogP contribution >= 0.6 is 0 Å². The van der Waals surface area contributed by atoms with Crippen molar-refractivity contribution in [3.8, 4) is 0 Å². The second kappa shape index (κ2) is 7.97. The molecule has 0 aliphatic rings. The summed E-state index contributed by atoms with van der Waals surface area (Å²) in [6, 6.07) is 11.9. The lowest BCUT2D eigenvalue weighted by atomic mass is 10.3. The molecule has 0 aliphatic carbocycles. The van der Waals surface area contributed by atoms with E-state index in [0.717, 1.165) is 31.7 Å². The summed E-state index contributed by atoms with van der Waals surface area (Å²) in [5.74, 6) is 0.872. The van der Waals surface area contributed by atoms with Gasteiger partial charge in [-0.1, -0.05) is 32.0 Å². The molecule has 1 N–H and O–H groups in total. The van der Waals surface area contributed by atoms with E-state index < -0.39 is 10.0 Å². The van der Waals surface area contributed by atoms with Crippen LogP contribution in [0.2, 0.25) is 0 Å². The van der Waals surface area contributed by atoms with Crippen LogP contribution in [0.5, 0.6) is 0 Å². The van der Waals surface area contributed by atoms with E-state index in [1.807, 2.05) is 6.07 Å². The molecule has 0 aliphatic heterocycles. The molecule has 23 heavy (non-hydrogen) atoms. The molecule has 0 radical (unpaired) electrons. The molecule has 0 saturated carbocycles. The molecule has 6 heteroatoms. The van der Waals surface area contributed by atoms with Gasteiger partial charge in [0, 0.05) is 13.1 Å². The summed E-state index contributed by atoms with van der Waals surface area (Å²) >= 11 is 0. The average Bonchev–Trinajstić information content (AvgIpc) is 2.56. The Morgan fingerprint density at radius 2 is 1.65 bits per heavy atom. The standard InChI is InChI=1S/C17H23N3O2S/c1-3-12-20(13-4-2)17-11-10-15(14-18-17)19-23(21,22)16-8-6-5-7-9-16/h5-11,14,19H,3-4,12-13H2,1-2H3. The predicted molar refractivity (Wildman–Crippen MR) is 94.3 cm³/mol. The molecular formula is C17H23N3O2S. The second-order valence-electron chi connectivity index (χ2n) is 5.31. The van der Waals surface area contributed by atoms with Gasteiger partial charge in [0.05, 0.1) is 16.8 Å². The zero-order chi connectivity index (χ0) is 16.7. The van der Waals surface area contributed by atoms with Gasteiger partial charge in [-0.05, 0) is 37.1 Å². The van der Waals surface area contributed by atoms with E-state index >= 15 is 0 Å². The van der Waals surface area contributed by atoms with Crippen molar-refractivity contribution in [2.45, 2.75) is 31.6 Å². The van der Waals surface area contributed by atoms with Gasteiger partial charge < -0.3 is 4.90 Å². The van der Waals surface area contributed by atoms with Crippen molar-refractivity contribution < 1.29 is 8.42 Å². The van der Waals surface area contributed by atoms with Crippen LogP contribution in [0.3, 0.4) is 0 Å². The van der Waals surface area contributed by atoms with Crippen molar-refractivity contribution >= 4 is 21.5 Å². The molecule has 0 fully saturated rings.